The quantitative estimate of drug-likeness (QED) is 0.300. The summed E-state index contributed by atoms with van der Waals surface area (Å²) < 4.78 is 23.1. The van der Waals surface area contributed by atoms with Gasteiger partial charge in [0.15, 0.2) is 11.5 Å². The summed E-state index contributed by atoms with van der Waals surface area (Å²) in [6.07, 6.45) is 4.42. The number of urea groups is 1. The van der Waals surface area contributed by atoms with Gasteiger partial charge < -0.3 is 33.7 Å². The molecular formula is C33H37N3O5. The van der Waals surface area contributed by atoms with Gasteiger partial charge in [-0.3, -0.25) is 0 Å². The van der Waals surface area contributed by atoms with E-state index in [4.69, 9.17) is 18.9 Å². The maximum atomic E-state index is 13.9. The fraction of sp³-hybridized carbons (Fsp3) is 0.364. The average molecular weight is 556 g/mol. The van der Waals surface area contributed by atoms with Crippen molar-refractivity contribution in [2.75, 3.05) is 47.1 Å². The fourth-order valence-corrected chi connectivity index (χ4v) is 5.98. The number of nitrogens with one attached hydrogen (secondary N) is 1. The molecule has 0 saturated carbocycles. The Morgan fingerprint density at radius 1 is 0.976 bits per heavy atom. The summed E-state index contributed by atoms with van der Waals surface area (Å²) >= 11 is 0. The largest absolute Gasteiger partial charge is 0.497 e. The van der Waals surface area contributed by atoms with E-state index >= 15 is 0 Å². The highest BCUT2D eigenvalue weighted by Crippen LogP contribution is 2.41. The lowest BCUT2D eigenvalue weighted by Gasteiger charge is -2.41. The molecule has 1 N–H and O–H groups in total. The van der Waals surface area contributed by atoms with Gasteiger partial charge in [0.2, 0.25) is 0 Å². The van der Waals surface area contributed by atoms with Gasteiger partial charge in [-0.05, 0) is 71.8 Å². The van der Waals surface area contributed by atoms with Crippen LogP contribution in [0.1, 0.15) is 34.7 Å². The molecule has 3 heterocycles. The van der Waals surface area contributed by atoms with Crippen LogP contribution in [-0.4, -0.2) is 67.9 Å². The third-order valence-corrected chi connectivity index (χ3v) is 8.21. The number of aromatic amines is 1. The zero-order chi connectivity index (χ0) is 28.2. The number of methoxy groups -OCH3 is 2. The van der Waals surface area contributed by atoms with Crippen LogP contribution in [0.4, 0.5) is 4.79 Å². The summed E-state index contributed by atoms with van der Waals surface area (Å²) in [6.45, 7) is 3.48. The van der Waals surface area contributed by atoms with Crippen molar-refractivity contribution >= 4 is 16.9 Å². The molecule has 8 nitrogen and oxygen atoms in total. The highest BCUT2D eigenvalue weighted by molar-refractivity contribution is 5.84. The molecule has 1 atom stereocenters. The number of aromatic nitrogens is 1. The summed E-state index contributed by atoms with van der Waals surface area (Å²) in [5, 5.41) is 1.15. The second-order valence-corrected chi connectivity index (χ2v) is 10.6. The first-order valence-electron chi connectivity index (χ1n) is 14.3. The molecular weight excluding hydrogens is 518 g/mol. The van der Waals surface area contributed by atoms with Crippen LogP contribution in [0.15, 0.2) is 66.9 Å². The van der Waals surface area contributed by atoms with Gasteiger partial charge in [0, 0.05) is 36.7 Å². The second kappa shape index (κ2) is 12.1. The van der Waals surface area contributed by atoms with E-state index in [0.29, 0.717) is 45.2 Å². The van der Waals surface area contributed by atoms with E-state index < -0.39 is 0 Å². The van der Waals surface area contributed by atoms with E-state index in [1.165, 1.54) is 11.1 Å². The van der Waals surface area contributed by atoms with Gasteiger partial charge >= 0.3 is 6.03 Å². The number of ether oxygens (including phenoxy) is 4. The molecule has 0 radical (unpaired) electrons. The minimum absolute atomic E-state index is 0.0760. The molecule has 2 aliphatic rings. The number of nitrogens with zero attached hydrogens (tertiary/aromatic N) is 2. The number of rotatable bonds is 8. The van der Waals surface area contributed by atoms with Crippen molar-refractivity contribution in [2.24, 2.45) is 0 Å². The van der Waals surface area contributed by atoms with E-state index in [2.05, 4.69) is 34.3 Å². The first kappa shape index (κ1) is 27.0. The highest BCUT2D eigenvalue weighted by atomic mass is 16.5. The lowest BCUT2D eigenvalue weighted by atomic mass is 9.88. The molecule has 1 fully saturated rings. The normalized spacial score (nSPS) is 16.9. The van der Waals surface area contributed by atoms with Crippen LogP contribution in [0, 0.1) is 0 Å². The van der Waals surface area contributed by atoms with E-state index in [0.717, 1.165) is 52.8 Å². The minimum Gasteiger partial charge on any atom is -0.497 e. The molecule has 8 heteroatoms. The van der Waals surface area contributed by atoms with Gasteiger partial charge in [0.05, 0.1) is 33.5 Å². The second-order valence-electron chi connectivity index (χ2n) is 10.6. The Kier molecular flexibility index (Phi) is 8.00. The average Bonchev–Trinajstić information content (AvgIpc) is 3.44. The third-order valence-electron chi connectivity index (χ3n) is 8.21. The number of H-pyrrole nitrogens is 1. The zero-order valence-corrected chi connectivity index (χ0v) is 23.7. The van der Waals surface area contributed by atoms with Gasteiger partial charge in [0.1, 0.15) is 12.4 Å². The molecule has 0 spiro atoms. The standard InChI is InChI=1S/C33H37N3O5/c1-38-26-9-10-29-27(19-26)25(21-34-29)8-11-30-28-20-32(41-22-23-6-4-3-5-7-23)31(39-2)18-24(28)12-13-36(30)33(37)35-14-16-40-17-15-35/h3-7,9-10,18-21,30,34H,8,11-17,22H2,1-2H3. The molecule has 6 rings (SSSR count). The van der Waals surface area contributed by atoms with E-state index in [9.17, 15) is 4.79 Å². The van der Waals surface area contributed by atoms with Crippen LogP contribution in [0.25, 0.3) is 10.9 Å². The van der Waals surface area contributed by atoms with Crippen molar-refractivity contribution in [3.05, 3.63) is 89.1 Å². The van der Waals surface area contributed by atoms with Gasteiger partial charge in [0.25, 0.3) is 0 Å². The van der Waals surface area contributed by atoms with Crippen molar-refractivity contribution < 1.29 is 23.7 Å². The van der Waals surface area contributed by atoms with E-state index in [1.54, 1.807) is 14.2 Å². The molecule has 1 saturated heterocycles. The molecule has 0 bridgehead atoms. The molecule has 2 amide bonds. The summed E-state index contributed by atoms with van der Waals surface area (Å²) in [6, 6.07) is 20.4. The van der Waals surface area contributed by atoms with Crippen LogP contribution in [0.2, 0.25) is 0 Å². The smallest absolute Gasteiger partial charge is 0.320 e. The van der Waals surface area contributed by atoms with Gasteiger partial charge in [-0.2, -0.15) is 0 Å². The zero-order valence-electron chi connectivity index (χ0n) is 23.7. The van der Waals surface area contributed by atoms with Crippen molar-refractivity contribution in [3.63, 3.8) is 0 Å². The molecule has 4 aromatic rings. The van der Waals surface area contributed by atoms with E-state index in [-0.39, 0.29) is 12.1 Å². The number of morpholine rings is 1. The summed E-state index contributed by atoms with van der Waals surface area (Å²) in [5.74, 6) is 2.24. The van der Waals surface area contributed by atoms with Gasteiger partial charge in [-0.25, -0.2) is 4.79 Å². The molecule has 0 aliphatic carbocycles. The van der Waals surface area contributed by atoms with Gasteiger partial charge in [-0.1, -0.05) is 30.3 Å². The Morgan fingerprint density at radius 3 is 2.59 bits per heavy atom. The van der Waals surface area contributed by atoms with Crippen LogP contribution in [-0.2, 0) is 24.2 Å². The van der Waals surface area contributed by atoms with E-state index in [1.807, 2.05) is 47.4 Å². The van der Waals surface area contributed by atoms with Crippen LogP contribution in [0.3, 0.4) is 0 Å². The fourth-order valence-electron chi connectivity index (χ4n) is 5.98. The molecule has 1 aromatic heterocycles. The van der Waals surface area contributed by atoms with Crippen LogP contribution >= 0.6 is 0 Å². The number of carbonyl (C=O) groups excluding carboxylic acids is 1. The van der Waals surface area contributed by atoms with Gasteiger partial charge in [-0.15, -0.1) is 0 Å². The number of hydrogen-bond donors (Lipinski definition) is 1. The summed E-state index contributed by atoms with van der Waals surface area (Å²) in [7, 11) is 3.37. The highest BCUT2D eigenvalue weighted by Gasteiger charge is 2.35. The molecule has 41 heavy (non-hydrogen) atoms. The molecule has 3 aromatic carbocycles. The summed E-state index contributed by atoms with van der Waals surface area (Å²) in [4.78, 5) is 21.2. The monoisotopic (exact) mass is 555 g/mol. The number of fused-ring (bicyclic) bond motifs is 2. The lowest BCUT2D eigenvalue weighted by molar-refractivity contribution is 0.0376. The Bertz CT molecular complexity index is 1500. The van der Waals surface area contributed by atoms with Crippen molar-refractivity contribution in [1.29, 1.82) is 0 Å². The number of aryl methyl sites for hydroxylation is 1. The first-order chi connectivity index (χ1) is 20.1. The topological polar surface area (TPSA) is 76.3 Å². The molecule has 2 aliphatic heterocycles. The molecule has 1 unspecified atom stereocenters. The maximum Gasteiger partial charge on any atom is 0.320 e. The van der Waals surface area contributed by atoms with Crippen molar-refractivity contribution in [3.8, 4) is 17.2 Å². The Labute approximate surface area is 240 Å². The number of amides is 2. The summed E-state index contributed by atoms with van der Waals surface area (Å²) in [5.41, 5.74) is 5.69. The maximum absolute atomic E-state index is 13.9. The Balaban J connectivity index is 1.33. The Hall–Kier alpha value is -4.17. The predicted octanol–water partition coefficient (Wildman–Crippen LogP) is 5.75. The SMILES string of the molecule is COc1ccc2[nH]cc(CCC3c4cc(OCc5ccccc5)c(OC)cc4CCN3C(=O)N3CCOCC3)c2c1. The van der Waals surface area contributed by atoms with Crippen LogP contribution in [0.5, 0.6) is 17.2 Å². The molecule has 214 valence electrons. The van der Waals surface area contributed by atoms with Crippen molar-refractivity contribution in [1.82, 2.24) is 14.8 Å². The van der Waals surface area contributed by atoms with Crippen molar-refractivity contribution in [2.45, 2.75) is 31.9 Å². The minimum atomic E-state index is -0.102. The number of carbonyl (C=O) groups is 1. The first-order valence-corrected chi connectivity index (χ1v) is 14.3. The predicted molar refractivity (Wildman–Crippen MR) is 158 cm³/mol. The van der Waals surface area contributed by atoms with Crippen LogP contribution < -0.4 is 14.2 Å². The lowest BCUT2D eigenvalue weighted by Crippen LogP contribution is -2.51. The third kappa shape index (κ3) is 5.70. The number of hydrogen-bond acceptors (Lipinski definition) is 5. The Morgan fingerprint density at radius 2 is 1.80 bits per heavy atom. The number of benzene rings is 3.